The molecule has 1 aliphatic rings. The highest BCUT2D eigenvalue weighted by Gasteiger charge is 2.27. The monoisotopic (exact) mass is 319 g/mol. The Morgan fingerprint density at radius 1 is 1.28 bits per heavy atom. The minimum atomic E-state index is -0.445. The van der Waals surface area contributed by atoms with E-state index in [-0.39, 0.29) is 11.9 Å². The van der Waals surface area contributed by atoms with Crippen molar-refractivity contribution in [3.05, 3.63) is 0 Å². The molecule has 0 unspecified atom stereocenters. The van der Waals surface area contributed by atoms with Gasteiger partial charge in [-0.3, -0.25) is 4.79 Å². The standard InChI is InChI=1S/C13H22BrNO3/c1-13(2,3)18-12(17)15-6-4-10(5-7-15)8-11(16)9-14/h10H,4-9H2,1-3H3. The van der Waals surface area contributed by atoms with E-state index < -0.39 is 5.60 Å². The molecule has 0 atom stereocenters. The zero-order chi connectivity index (χ0) is 13.8. The second-order valence-electron chi connectivity index (χ2n) is 5.79. The summed E-state index contributed by atoms with van der Waals surface area (Å²) in [5, 5.41) is 0.430. The Balaban J connectivity index is 2.35. The van der Waals surface area contributed by atoms with E-state index >= 15 is 0 Å². The van der Waals surface area contributed by atoms with E-state index in [1.807, 2.05) is 20.8 Å². The molecular formula is C13H22BrNO3. The molecular weight excluding hydrogens is 298 g/mol. The van der Waals surface area contributed by atoms with Gasteiger partial charge in [-0.25, -0.2) is 4.79 Å². The molecule has 1 fully saturated rings. The van der Waals surface area contributed by atoms with Crippen LogP contribution in [0.5, 0.6) is 0 Å². The summed E-state index contributed by atoms with van der Waals surface area (Å²) in [6.45, 7) is 6.98. The van der Waals surface area contributed by atoms with Crippen LogP contribution in [0.4, 0.5) is 4.79 Å². The van der Waals surface area contributed by atoms with Crippen LogP contribution >= 0.6 is 15.9 Å². The highest BCUT2D eigenvalue weighted by atomic mass is 79.9. The fourth-order valence-corrected chi connectivity index (χ4v) is 2.25. The third-order valence-corrected chi connectivity index (χ3v) is 3.56. The topological polar surface area (TPSA) is 46.6 Å². The first-order valence-electron chi connectivity index (χ1n) is 6.37. The molecule has 0 aromatic carbocycles. The molecule has 1 amide bonds. The zero-order valence-corrected chi connectivity index (χ0v) is 13.0. The molecule has 1 rings (SSSR count). The van der Waals surface area contributed by atoms with Gasteiger partial charge >= 0.3 is 6.09 Å². The molecule has 1 heterocycles. The van der Waals surface area contributed by atoms with E-state index in [0.717, 1.165) is 12.8 Å². The predicted molar refractivity (Wildman–Crippen MR) is 73.9 cm³/mol. The number of hydrogen-bond donors (Lipinski definition) is 0. The summed E-state index contributed by atoms with van der Waals surface area (Å²) in [4.78, 5) is 24.9. The molecule has 0 N–H and O–H groups in total. The van der Waals surface area contributed by atoms with Crippen molar-refractivity contribution in [2.45, 2.75) is 45.6 Å². The fourth-order valence-electron chi connectivity index (χ4n) is 2.02. The van der Waals surface area contributed by atoms with Crippen molar-refractivity contribution in [3.63, 3.8) is 0 Å². The van der Waals surface area contributed by atoms with Crippen molar-refractivity contribution in [3.8, 4) is 0 Å². The third-order valence-electron chi connectivity index (χ3n) is 2.93. The number of ether oxygens (including phenoxy) is 1. The number of hydrogen-bond acceptors (Lipinski definition) is 3. The first-order chi connectivity index (χ1) is 8.31. The summed E-state index contributed by atoms with van der Waals surface area (Å²) < 4.78 is 5.33. The number of carbonyl (C=O) groups is 2. The molecule has 0 aliphatic carbocycles. The number of halogens is 1. The maximum atomic E-state index is 11.8. The Bertz CT molecular complexity index is 304. The summed E-state index contributed by atoms with van der Waals surface area (Å²) in [5.74, 6) is 0.652. The number of ketones is 1. The molecule has 0 bridgehead atoms. The van der Waals surface area contributed by atoms with E-state index in [1.165, 1.54) is 0 Å². The maximum absolute atomic E-state index is 11.8. The highest BCUT2D eigenvalue weighted by molar-refractivity contribution is 9.09. The van der Waals surface area contributed by atoms with Crippen LogP contribution in [-0.4, -0.2) is 40.8 Å². The van der Waals surface area contributed by atoms with Crippen molar-refractivity contribution in [1.82, 2.24) is 4.90 Å². The number of carbonyl (C=O) groups excluding carboxylic acids is 2. The van der Waals surface area contributed by atoms with Crippen LogP contribution in [0.1, 0.15) is 40.0 Å². The van der Waals surface area contributed by atoms with Crippen LogP contribution in [0.25, 0.3) is 0 Å². The van der Waals surface area contributed by atoms with Crippen molar-refractivity contribution in [1.29, 1.82) is 0 Å². The van der Waals surface area contributed by atoms with Gasteiger partial charge in [0.05, 0.1) is 5.33 Å². The first kappa shape index (κ1) is 15.5. The predicted octanol–water partition coefficient (Wildman–Crippen LogP) is 2.99. The number of piperidine rings is 1. The Kier molecular flexibility index (Phi) is 5.63. The lowest BCUT2D eigenvalue weighted by molar-refractivity contribution is -0.117. The van der Waals surface area contributed by atoms with Gasteiger partial charge in [-0.1, -0.05) is 15.9 Å². The van der Waals surface area contributed by atoms with Crippen LogP contribution in [0.2, 0.25) is 0 Å². The minimum Gasteiger partial charge on any atom is -0.444 e. The van der Waals surface area contributed by atoms with E-state index in [2.05, 4.69) is 15.9 Å². The second kappa shape index (κ2) is 6.55. The average Bonchev–Trinajstić information content (AvgIpc) is 2.27. The van der Waals surface area contributed by atoms with Crippen molar-refractivity contribution >= 4 is 27.8 Å². The molecule has 1 aliphatic heterocycles. The van der Waals surface area contributed by atoms with Gasteiger partial charge in [-0.2, -0.15) is 0 Å². The third kappa shape index (κ3) is 5.38. The Morgan fingerprint density at radius 2 is 1.83 bits per heavy atom. The fraction of sp³-hybridized carbons (Fsp3) is 0.846. The Hall–Kier alpha value is -0.580. The lowest BCUT2D eigenvalue weighted by Gasteiger charge is -2.33. The van der Waals surface area contributed by atoms with Gasteiger partial charge in [0.1, 0.15) is 11.4 Å². The van der Waals surface area contributed by atoms with Gasteiger partial charge in [0.2, 0.25) is 0 Å². The Labute approximate surface area is 117 Å². The number of rotatable bonds is 3. The highest BCUT2D eigenvalue weighted by Crippen LogP contribution is 2.22. The van der Waals surface area contributed by atoms with Gasteiger partial charge in [0.25, 0.3) is 0 Å². The summed E-state index contributed by atoms with van der Waals surface area (Å²) in [5.41, 5.74) is -0.445. The molecule has 0 radical (unpaired) electrons. The molecule has 0 spiro atoms. The van der Waals surface area contributed by atoms with Crippen LogP contribution in [0.15, 0.2) is 0 Å². The van der Waals surface area contributed by atoms with Crippen LogP contribution in [0.3, 0.4) is 0 Å². The zero-order valence-electron chi connectivity index (χ0n) is 11.4. The quantitative estimate of drug-likeness (QED) is 0.751. The first-order valence-corrected chi connectivity index (χ1v) is 7.49. The minimum absolute atomic E-state index is 0.241. The largest absolute Gasteiger partial charge is 0.444 e. The number of amides is 1. The summed E-state index contributed by atoms with van der Waals surface area (Å²) in [6, 6.07) is 0. The molecule has 18 heavy (non-hydrogen) atoms. The number of alkyl halides is 1. The van der Waals surface area contributed by atoms with Gasteiger partial charge in [0.15, 0.2) is 0 Å². The number of nitrogens with zero attached hydrogens (tertiary/aromatic N) is 1. The second-order valence-corrected chi connectivity index (χ2v) is 6.35. The molecule has 0 aromatic heterocycles. The van der Waals surface area contributed by atoms with Gasteiger partial charge in [-0.15, -0.1) is 0 Å². The molecule has 4 nitrogen and oxygen atoms in total. The van der Waals surface area contributed by atoms with Crippen molar-refractivity contribution < 1.29 is 14.3 Å². The lowest BCUT2D eigenvalue weighted by atomic mass is 9.92. The van der Waals surface area contributed by atoms with Crippen LogP contribution in [0, 0.1) is 5.92 Å². The van der Waals surface area contributed by atoms with E-state index in [4.69, 9.17) is 4.74 Å². The van der Waals surface area contributed by atoms with Crippen molar-refractivity contribution in [2.75, 3.05) is 18.4 Å². The average molecular weight is 320 g/mol. The molecule has 1 saturated heterocycles. The number of likely N-dealkylation sites (tertiary alicyclic amines) is 1. The lowest BCUT2D eigenvalue weighted by Crippen LogP contribution is -2.42. The van der Waals surface area contributed by atoms with Gasteiger partial charge in [-0.05, 0) is 39.5 Å². The molecule has 0 aromatic rings. The van der Waals surface area contributed by atoms with E-state index in [1.54, 1.807) is 4.90 Å². The molecule has 5 heteroatoms. The van der Waals surface area contributed by atoms with Gasteiger partial charge < -0.3 is 9.64 Å². The Morgan fingerprint density at radius 3 is 2.28 bits per heavy atom. The van der Waals surface area contributed by atoms with E-state index in [9.17, 15) is 9.59 Å². The van der Waals surface area contributed by atoms with Gasteiger partial charge in [0, 0.05) is 19.5 Å². The number of Topliss-reactive ketones (excluding diaryl/α,β-unsaturated/α-hetero) is 1. The molecule has 0 saturated carbocycles. The molecule has 104 valence electrons. The van der Waals surface area contributed by atoms with Crippen LogP contribution in [-0.2, 0) is 9.53 Å². The van der Waals surface area contributed by atoms with Crippen molar-refractivity contribution in [2.24, 2.45) is 5.92 Å². The van der Waals surface area contributed by atoms with E-state index in [0.29, 0.717) is 30.8 Å². The summed E-state index contributed by atoms with van der Waals surface area (Å²) in [6.07, 6.45) is 2.15. The maximum Gasteiger partial charge on any atom is 0.410 e. The normalized spacial score (nSPS) is 17.7. The SMILES string of the molecule is CC(C)(C)OC(=O)N1CCC(CC(=O)CBr)CC1. The van der Waals surface area contributed by atoms with Crippen LogP contribution < -0.4 is 0 Å². The summed E-state index contributed by atoms with van der Waals surface area (Å²) in [7, 11) is 0. The summed E-state index contributed by atoms with van der Waals surface area (Å²) >= 11 is 3.18. The smallest absolute Gasteiger partial charge is 0.410 e.